The van der Waals surface area contributed by atoms with E-state index in [1.807, 2.05) is 12.1 Å². The van der Waals surface area contributed by atoms with Gasteiger partial charge in [-0.25, -0.2) is 0 Å². The molecule has 0 aliphatic heterocycles. The van der Waals surface area contributed by atoms with Crippen molar-refractivity contribution in [2.24, 2.45) is 5.92 Å². The summed E-state index contributed by atoms with van der Waals surface area (Å²) in [6.07, 6.45) is 3.95. The largest absolute Gasteiger partial charge is 0.197 e. The summed E-state index contributed by atoms with van der Waals surface area (Å²) in [6.45, 7) is 2.09. The first kappa shape index (κ1) is 11.7. The van der Waals surface area contributed by atoms with Crippen LogP contribution in [0.3, 0.4) is 0 Å². The van der Waals surface area contributed by atoms with Crippen LogP contribution < -0.4 is 0 Å². The molecule has 86 valence electrons. The molecular weight excluding hydrogens is 208 g/mol. The third-order valence-electron chi connectivity index (χ3n) is 4.06. The molecule has 1 aliphatic rings. The molecule has 0 unspecified atom stereocenters. The van der Waals surface area contributed by atoms with Gasteiger partial charge in [-0.15, -0.1) is 0 Å². The molecule has 0 radical (unpaired) electrons. The smallest absolute Gasteiger partial charge is 0.142 e. The lowest BCUT2D eigenvalue weighted by Gasteiger charge is -2.39. The van der Waals surface area contributed by atoms with Crippen molar-refractivity contribution >= 4 is 0 Å². The molecule has 2 rings (SSSR count). The molecule has 1 atom stereocenters. The Morgan fingerprint density at radius 2 is 2.00 bits per heavy atom. The Kier molecular flexibility index (Phi) is 3.16. The maximum atomic E-state index is 9.23. The van der Waals surface area contributed by atoms with E-state index in [9.17, 15) is 10.5 Å². The maximum Gasteiger partial charge on any atom is 0.142 e. The van der Waals surface area contributed by atoms with Gasteiger partial charge in [0, 0.05) is 5.41 Å². The predicted octanol–water partition coefficient (Wildman–Crippen LogP) is 3.33. The lowest BCUT2D eigenvalue weighted by molar-refractivity contribution is 0.306. The molecule has 1 aromatic carbocycles. The molecule has 2 nitrogen and oxygen atoms in total. The van der Waals surface area contributed by atoms with Crippen LogP contribution in [0, 0.1) is 28.6 Å². The zero-order valence-corrected chi connectivity index (χ0v) is 10.1. The molecule has 2 heteroatoms. The molecule has 0 heterocycles. The third-order valence-corrected chi connectivity index (χ3v) is 4.06. The van der Waals surface area contributed by atoms with Crippen molar-refractivity contribution < 1.29 is 0 Å². The van der Waals surface area contributed by atoms with Gasteiger partial charge in [-0.2, -0.15) is 10.5 Å². The number of hydrogen-bond donors (Lipinski definition) is 0. The SMILES string of the molecule is CC[C@]1(C(C#N)C#N)CCCc2ccccc21. The molecule has 0 fully saturated rings. The summed E-state index contributed by atoms with van der Waals surface area (Å²) in [6, 6.07) is 12.7. The summed E-state index contributed by atoms with van der Waals surface area (Å²) in [5.41, 5.74) is 2.29. The average Bonchev–Trinajstić information content (AvgIpc) is 2.40. The minimum Gasteiger partial charge on any atom is -0.197 e. The standard InChI is InChI=1S/C15H16N2/c1-2-15(13(10-16)11-17)9-5-7-12-6-3-4-8-14(12)15/h3-4,6,8,13H,2,5,7,9H2,1H3/t15-/m1/s1. The normalized spacial score (nSPS) is 22.6. The minimum atomic E-state index is -0.533. The van der Waals surface area contributed by atoms with E-state index in [0.717, 1.165) is 25.7 Å². The number of benzene rings is 1. The number of aryl methyl sites for hydroxylation is 1. The highest BCUT2D eigenvalue weighted by molar-refractivity contribution is 5.40. The van der Waals surface area contributed by atoms with Gasteiger partial charge in [0.2, 0.25) is 0 Å². The molecule has 0 saturated carbocycles. The van der Waals surface area contributed by atoms with Crippen molar-refractivity contribution in [3.05, 3.63) is 35.4 Å². The Morgan fingerprint density at radius 1 is 1.29 bits per heavy atom. The topological polar surface area (TPSA) is 47.6 Å². The van der Waals surface area contributed by atoms with Gasteiger partial charge < -0.3 is 0 Å². The summed E-state index contributed by atoms with van der Waals surface area (Å²) >= 11 is 0. The van der Waals surface area contributed by atoms with Crippen LogP contribution in [0.15, 0.2) is 24.3 Å². The van der Waals surface area contributed by atoms with Crippen LogP contribution in [0.2, 0.25) is 0 Å². The Labute approximate surface area is 102 Å². The number of nitrogens with zero attached hydrogens (tertiary/aromatic N) is 2. The van der Waals surface area contributed by atoms with Crippen LogP contribution in [-0.4, -0.2) is 0 Å². The fourth-order valence-corrected chi connectivity index (χ4v) is 3.10. The molecule has 17 heavy (non-hydrogen) atoms. The monoisotopic (exact) mass is 224 g/mol. The van der Waals surface area contributed by atoms with Crippen molar-refractivity contribution in [3.8, 4) is 12.1 Å². The van der Waals surface area contributed by atoms with Gasteiger partial charge in [-0.05, 0) is 36.8 Å². The van der Waals surface area contributed by atoms with E-state index in [4.69, 9.17) is 0 Å². The molecule has 0 bridgehead atoms. The Morgan fingerprint density at radius 3 is 2.65 bits per heavy atom. The highest BCUT2D eigenvalue weighted by Crippen LogP contribution is 2.45. The van der Waals surface area contributed by atoms with Gasteiger partial charge in [-0.3, -0.25) is 0 Å². The first-order chi connectivity index (χ1) is 8.28. The Bertz CT molecular complexity index is 478. The van der Waals surface area contributed by atoms with Gasteiger partial charge >= 0.3 is 0 Å². The van der Waals surface area contributed by atoms with Gasteiger partial charge in [0.25, 0.3) is 0 Å². The van der Waals surface area contributed by atoms with Gasteiger partial charge in [0.15, 0.2) is 0 Å². The number of nitriles is 2. The fourth-order valence-electron chi connectivity index (χ4n) is 3.10. The van der Waals surface area contributed by atoms with Crippen LogP contribution >= 0.6 is 0 Å². The quantitative estimate of drug-likeness (QED) is 0.773. The minimum absolute atomic E-state index is 0.252. The van der Waals surface area contributed by atoms with E-state index in [1.165, 1.54) is 11.1 Å². The first-order valence-corrected chi connectivity index (χ1v) is 6.16. The van der Waals surface area contributed by atoms with Crippen LogP contribution in [0.1, 0.15) is 37.3 Å². The van der Waals surface area contributed by atoms with E-state index in [-0.39, 0.29) is 5.41 Å². The molecule has 1 aromatic rings. The van der Waals surface area contributed by atoms with Crippen LogP contribution in [0.4, 0.5) is 0 Å². The summed E-state index contributed by atoms with van der Waals surface area (Å²) in [5, 5.41) is 18.5. The van der Waals surface area contributed by atoms with Gasteiger partial charge in [0.1, 0.15) is 5.92 Å². The second-order valence-electron chi connectivity index (χ2n) is 4.71. The van der Waals surface area contributed by atoms with Crippen LogP contribution in [0.5, 0.6) is 0 Å². The Balaban J connectivity index is 2.58. The predicted molar refractivity (Wildman–Crippen MR) is 66.1 cm³/mol. The lowest BCUT2D eigenvalue weighted by atomic mass is 9.62. The summed E-state index contributed by atoms with van der Waals surface area (Å²) < 4.78 is 0. The molecule has 1 aliphatic carbocycles. The van der Waals surface area contributed by atoms with Crippen molar-refractivity contribution in [2.75, 3.05) is 0 Å². The molecular formula is C15H16N2. The number of hydrogen-bond acceptors (Lipinski definition) is 2. The summed E-state index contributed by atoms with van der Waals surface area (Å²) in [7, 11) is 0. The molecule has 0 aromatic heterocycles. The highest BCUT2D eigenvalue weighted by atomic mass is 14.5. The molecule has 0 N–H and O–H groups in total. The Hall–Kier alpha value is -1.80. The summed E-state index contributed by atoms with van der Waals surface area (Å²) in [4.78, 5) is 0. The van der Waals surface area contributed by atoms with E-state index in [0.29, 0.717) is 0 Å². The van der Waals surface area contributed by atoms with E-state index < -0.39 is 5.92 Å². The lowest BCUT2D eigenvalue weighted by Crippen LogP contribution is -2.37. The van der Waals surface area contributed by atoms with E-state index >= 15 is 0 Å². The van der Waals surface area contributed by atoms with Crippen LogP contribution in [0.25, 0.3) is 0 Å². The highest BCUT2D eigenvalue weighted by Gasteiger charge is 2.42. The second kappa shape index (κ2) is 4.60. The maximum absolute atomic E-state index is 9.23. The number of fused-ring (bicyclic) bond motifs is 1. The van der Waals surface area contributed by atoms with Crippen molar-refractivity contribution in [1.29, 1.82) is 10.5 Å². The molecule has 0 spiro atoms. The first-order valence-electron chi connectivity index (χ1n) is 6.16. The van der Waals surface area contributed by atoms with Crippen molar-refractivity contribution in [3.63, 3.8) is 0 Å². The van der Waals surface area contributed by atoms with E-state index in [1.54, 1.807) is 0 Å². The van der Waals surface area contributed by atoms with Crippen LogP contribution in [-0.2, 0) is 11.8 Å². The molecule has 0 saturated heterocycles. The third kappa shape index (κ3) is 1.71. The van der Waals surface area contributed by atoms with Gasteiger partial charge in [0.05, 0.1) is 12.1 Å². The zero-order valence-electron chi connectivity index (χ0n) is 10.1. The average molecular weight is 224 g/mol. The number of rotatable bonds is 2. The van der Waals surface area contributed by atoms with Gasteiger partial charge in [-0.1, -0.05) is 31.2 Å². The van der Waals surface area contributed by atoms with Crippen molar-refractivity contribution in [1.82, 2.24) is 0 Å². The van der Waals surface area contributed by atoms with Crippen molar-refractivity contribution in [2.45, 2.75) is 38.0 Å². The fraction of sp³-hybridized carbons (Fsp3) is 0.467. The second-order valence-corrected chi connectivity index (χ2v) is 4.71. The molecule has 0 amide bonds. The van der Waals surface area contributed by atoms with E-state index in [2.05, 4.69) is 31.2 Å². The summed E-state index contributed by atoms with van der Waals surface area (Å²) in [5.74, 6) is -0.533. The zero-order chi connectivity index (χ0) is 12.3.